The van der Waals surface area contributed by atoms with Gasteiger partial charge in [-0.3, -0.25) is 0 Å². The van der Waals surface area contributed by atoms with Gasteiger partial charge in [-0.25, -0.2) is 0 Å². The van der Waals surface area contributed by atoms with Gasteiger partial charge in [0.25, 0.3) is 0 Å². The average Bonchev–Trinajstić information content (AvgIpc) is 2.72. The van der Waals surface area contributed by atoms with Crippen LogP contribution in [0.1, 0.15) is 57.1 Å². The summed E-state index contributed by atoms with van der Waals surface area (Å²) in [7, 11) is 0. The molecule has 18 heavy (non-hydrogen) atoms. The molecule has 2 unspecified atom stereocenters. The first kappa shape index (κ1) is 13.1. The van der Waals surface area contributed by atoms with E-state index >= 15 is 0 Å². The van der Waals surface area contributed by atoms with Crippen LogP contribution in [0.2, 0.25) is 0 Å². The minimum atomic E-state index is -0.0984. The van der Waals surface area contributed by atoms with Crippen molar-refractivity contribution in [2.24, 2.45) is 11.3 Å². The van der Waals surface area contributed by atoms with Crippen molar-refractivity contribution in [2.45, 2.75) is 52.4 Å². The fourth-order valence-corrected chi connectivity index (χ4v) is 3.11. The molecule has 1 nitrogen and oxygen atoms in total. The Bertz CT molecular complexity index is 438. The number of rotatable bonds is 3. The first-order chi connectivity index (χ1) is 8.54. The quantitative estimate of drug-likeness (QED) is 0.753. The van der Waals surface area contributed by atoms with Crippen LogP contribution in [0.4, 0.5) is 0 Å². The molecule has 1 fully saturated rings. The van der Waals surface area contributed by atoms with E-state index in [1.807, 2.05) is 0 Å². The maximum atomic E-state index is 9.49. The maximum absolute atomic E-state index is 9.49. The SMILES string of the molecule is CC1CCC(C#N)(Cc2ccc(C(C)C)cc2)C1. The van der Waals surface area contributed by atoms with Crippen LogP contribution in [-0.2, 0) is 6.42 Å². The van der Waals surface area contributed by atoms with Gasteiger partial charge in [-0.1, -0.05) is 45.0 Å². The Balaban J connectivity index is 2.11. The Morgan fingerprint density at radius 1 is 1.33 bits per heavy atom. The van der Waals surface area contributed by atoms with Gasteiger partial charge in [0.1, 0.15) is 0 Å². The van der Waals surface area contributed by atoms with E-state index in [0.717, 1.165) is 19.3 Å². The summed E-state index contributed by atoms with van der Waals surface area (Å²) < 4.78 is 0. The monoisotopic (exact) mass is 241 g/mol. The van der Waals surface area contributed by atoms with Crippen molar-refractivity contribution in [3.63, 3.8) is 0 Å². The van der Waals surface area contributed by atoms with E-state index in [9.17, 15) is 5.26 Å². The van der Waals surface area contributed by atoms with Gasteiger partial charge in [0, 0.05) is 0 Å². The van der Waals surface area contributed by atoms with Crippen LogP contribution in [0.5, 0.6) is 0 Å². The maximum Gasteiger partial charge on any atom is 0.0693 e. The van der Waals surface area contributed by atoms with Gasteiger partial charge in [0.05, 0.1) is 11.5 Å². The minimum Gasteiger partial charge on any atom is -0.198 e. The van der Waals surface area contributed by atoms with E-state index < -0.39 is 0 Å². The number of hydrogen-bond donors (Lipinski definition) is 0. The van der Waals surface area contributed by atoms with E-state index in [4.69, 9.17) is 0 Å². The first-order valence-corrected chi connectivity index (χ1v) is 7.05. The van der Waals surface area contributed by atoms with E-state index in [-0.39, 0.29) is 5.41 Å². The average molecular weight is 241 g/mol. The molecule has 0 amide bonds. The predicted octanol–water partition coefficient (Wildman–Crippen LogP) is 4.68. The highest BCUT2D eigenvalue weighted by atomic mass is 14.4. The Labute approximate surface area is 111 Å². The third kappa shape index (κ3) is 2.75. The molecule has 0 bridgehead atoms. The number of hydrogen-bond acceptors (Lipinski definition) is 1. The molecule has 1 aliphatic rings. The first-order valence-electron chi connectivity index (χ1n) is 7.05. The lowest BCUT2D eigenvalue weighted by Crippen LogP contribution is -2.17. The summed E-state index contributed by atoms with van der Waals surface area (Å²) in [5, 5.41) is 9.49. The molecular formula is C17H23N. The smallest absolute Gasteiger partial charge is 0.0693 e. The lowest BCUT2D eigenvalue weighted by molar-refractivity contribution is 0.391. The Morgan fingerprint density at radius 2 is 2.00 bits per heavy atom. The summed E-state index contributed by atoms with van der Waals surface area (Å²) in [6, 6.07) is 11.4. The van der Waals surface area contributed by atoms with Gasteiger partial charge in [-0.05, 0) is 48.6 Å². The van der Waals surface area contributed by atoms with Gasteiger partial charge in [0.2, 0.25) is 0 Å². The summed E-state index contributed by atoms with van der Waals surface area (Å²) in [4.78, 5) is 0. The second-order valence-corrected chi connectivity index (χ2v) is 6.31. The highest BCUT2D eigenvalue weighted by Crippen LogP contribution is 2.43. The largest absolute Gasteiger partial charge is 0.198 e. The predicted molar refractivity (Wildman–Crippen MR) is 75.3 cm³/mol. The molecule has 1 saturated carbocycles. The van der Waals surface area contributed by atoms with Crippen LogP contribution in [0, 0.1) is 22.7 Å². The molecule has 0 radical (unpaired) electrons. The molecule has 0 aliphatic heterocycles. The minimum absolute atomic E-state index is 0.0984. The van der Waals surface area contributed by atoms with Gasteiger partial charge < -0.3 is 0 Å². The van der Waals surface area contributed by atoms with Gasteiger partial charge in [0.15, 0.2) is 0 Å². The highest BCUT2D eigenvalue weighted by Gasteiger charge is 2.37. The van der Waals surface area contributed by atoms with Crippen molar-refractivity contribution in [1.29, 1.82) is 5.26 Å². The zero-order valence-electron chi connectivity index (χ0n) is 11.7. The third-order valence-corrected chi connectivity index (χ3v) is 4.28. The number of benzene rings is 1. The molecule has 1 aromatic carbocycles. The van der Waals surface area contributed by atoms with Crippen LogP contribution >= 0.6 is 0 Å². The normalized spacial score (nSPS) is 27.4. The molecule has 0 heterocycles. The number of nitrogens with zero attached hydrogens (tertiary/aromatic N) is 1. The Kier molecular flexibility index (Phi) is 3.76. The molecular weight excluding hydrogens is 218 g/mol. The van der Waals surface area contributed by atoms with Gasteiger partial charge in [-0.15, -0.1) is 0 Å². The Morgan fingerprint density at radius 3 is 2.44 bits per heavy atom. The van der Waals surface area contributed by atoms with Crippen LogP contribution < -0.4 is 0 Å². The van der Waals surface area contributed by atoms with Gasteiger partial charge in [-0.2, -0.15) is 5.26 Å². The van der Waals surface area contributed by atoms with Crippen LogP contribution in [0.25, 0.3) is 0 Å². The van der Waals surface area contributed by atoms with Crippen molar-refractivity contribution >= 4 is 0 Å². The molecule has 0 spiro atoms. The standard InChI is InChI=1S/C17H23N/c1-13(2)16-6-4-15(5-7-16)11-17(12-18)9-8-14(3)10-17/h4-7,13-14H,8-11H2,1-3H3. The molecule has 1 heteroatoms. The fourth-order valence-electron chi connectivity index (χ4n) is 3.11. The molecule has 96 valence electrons. The zero-order valence-corrected chi connectivity index (χ0v) is 11.7. The lowest BCUT2D eigenvalue weighted by atomic mass is 9.80. The van der Waals surface area contributed by atoms with E-state index in [0.29, 0.717) is 11.8 Å². The van der Waals surface area contributed by atoms with Crippen LogP contribution in [-0.4, -0.2) is 0 Å². The van der Waals surface area contributed by atoms with Crippen molar-refractivity contribution in [2.75, 3.05) is 0 Å². The molecule has 2 atom stereocenters. The fraction of sp³-hybridized carbons (Fsp3) is 0.588. The van der Waals surface area contributed by atoms with Crippen LogP contribution in [0.15, 0.2) is 24.3 Å². The molecule has 0 saturated heterocycles. The topological polar surface area (TPSA) is 23.8 Å². The van der Waals surface area contributed by atoms with E-state index in [1.165, 1.54) is 17.5 Å². The van der Waals surface area contributed by atoms with Crippen LogP contribution in [0.3, 0.4) is 0 Å². The summed E-state index contributed by atoms with van der Waals surface area (Å²) in [6.07, 6.45) is 4.26. The van der Waals surface area contributed by atoms with Crippen molar-refractivity contribution < 1.29 is 0 Å². The van der Waals surface area contributed by atoms with Crippen molar-refractivity contribution in [3.8, 4) is 6.07 Å². The summed E-state index contributed by atoms with van der Waals surface area (Å²) in [5.74, 6) is 1.29. The summed E-state index contributed by atoms with van der Waals surface area (Å²) in [5.41, 5.74) is 2.60. The summed E-state index contributed by atoms with van der Waals surface area (Å²) >= 11 is 0. The third-order valence-electron chi connectivity index (χ3n) is 4.28. The second kappa shape index (κ2) is 5.14. The summed E-state index contributed by atoms with van der Waals surface area (Å²) in [6.45, 7) is 6.69. The molecule has 1 aliphatic carbocycles. The Hall–Kier alpha value is -1.29. The lowest BCUT2D eigenvalue weighted by Gasteiger charge is -2.21. The van der Waals surface area contributed by atoms with E-state index in [1.54, 1.807) is 0 Å². The highest BCUT2D eigenvalue weighted by molar-refractivity contribution is 5.27. The molecule has 2 rings (SSSR count). The molecule has 0 N–H and O–H groups in total. The van der Waals surface area contributed by atoms with Gasteiger partial charge >= 0.3 is 0 Å². The van der Waals surface area contributed by atoms with Crippen molar-refractivity contribution in [3.05, 3.63) is 35.4 Å². The molecule has 0 aromatic heterocycles. The van der Waals surface area contributed by atoms with Crippen molar-refractivity contribution in [1.82, 2.24) is 0 Å². The molecule has 1 aromatic rings. The second-order valence-electron chi connectivity index (χ2n) is 6.31. The number of nitriles is 1. The van der Waals surface area contributed by atoms with E-state index in [2.05, 4.69) is 51.1 Å². The zero-order chi connectivity index (χ0) is 13.2.